The van der Waals surface area contributed by atoms with Crippen LogP contribution in [-0.4, -0.2) is 32.1 Å². The summed E-state index contributed by atoms with van der Waals surface area (Å²) in [5.41, 5.74) is 3.15. The van der Waals surface area contributed by atoms with E-state index in [1.54, 1.807) is 0 Å². The van der Waals surface area contributed by atoms with E-state index in [0.29, 0.717) is 13.2 Å². The van der Waals surface area contributed by atoms with Gasteiger partial charge in [0.25, 0.3) is 0 Å². The Morgan fingerprint density at radius 3 is 2.48 bits per heavy atom. The quantitative estimate of drug-likeness (QED) is 0.277. The molecule has 3 rings (SSSR count). The molecule has 4 nitrogen and oxygen atoms in total. The lowest BCUT2D eigenvalue weighted by Crippen LogP contribution is -2.28. The molecule has 1 aliphatic rings. The summed E-state index contributed by atoms with van der Waals surface area (Å²) in [6.45, 7) is 6.35. The molecule has 0 unspecified atom stereocenters. The molecule has 0 saturated heterocycles. The van der Waals surface area contributed by atoms with Crippen molar-refractivity contribution in [2.75, 3.05) is 19.8 Å². The van der Waals surface area contributed by atoms with Crippen LogP contribution in [0.25, 0.3) is 0 Å². The lowest BCUT2D eigenvalue weighted by atomic mass is 10.1. The number of hydrogen-bond acceptors (Lipinski definition) is 4. The van der Waals surface area contributed by atoms with Crippen LogP contribution in [-0.2, 0) is 4.74 Å². The molecule has 154 valence electrons. The molecule has 0 aliphatic carbocycles. The van der Waals surface area contributed by atoms with Gasteiger partial charge in [-0.2, -0.15) is 0 Å². The topological polar surface area (TPSA) is 40.0 Å². The fourth-order valence-corrected chi connectivity index (χ4v) is 3.05. The SMILES string of the molecule is CCCCCCOc1ccc(N=Cc2ccc(O[C@@H]3COCC=C3C)cc2)cc1. The summed E-state index contributed by atoms with van der Waals surface area (Å²) in [6, 6.07) is 15.9. The standard InChI is InChI=1S/C25H31NO3/c1-3-4-5-6-16-28-23-13-9-22(10-14-23)26-18-21-7-11-24(12-8-21)29-25-19-27-17-15-20(25)2/h7-15,18,25H,3-6,16-17,19H2,1-2H3/t25-/m1/s1. The van der Waals surface area contributed by atoms with Gasteiger partial charge in [0.1, 0.15) is 17.6 Å². The van der Waals surface area contributed by atoms with Crippen LogP contribution in [0.1, 0.15) is 45.1 Å². The lowest BCUT2D eigenvalue weighted by Gasteiger charge is -2.23. The molecule has 0 radical (unpaired) electrons. The zero-order chi connectivity index (χ0) is 20.3. The zero-order valence-corrected chi connectivity index (χ0v) is 17.5. The molecule has 4 heteroatoms. The van der Waals surface area contributed by atoms with Gasteiger partial charge >= 0.3 is 0 Å². The molecule has 2 aromatic rings. The highest BCUT2D eigenvalue weighted by Crippen LogP contribution is 2.20. The Hall–Kier alpha value is -2.59. The van der Waals surface area contributed by atoms with Gasteiger partial charge < -0.3 is 14.2 Å². The Morgan fingerprint density at radius 1 is 1.00 bits per heavy atom. The molecule has 1 atom stereocenters. The van der Waals surface area contributed by atoms with E-state index in [0.717, 1.165) is 35.8 Å². The van der Waals surface area contributed by atoms with Crippen LogP contribution in [0.3, 0.4) is 0 Å². The third kappa shape index (κ3) is 7.06. The van der Waals surface area contributed by atoms with Gasteiger partial charge in [-0.25, -0.2) is 0 Å². The predicted octanol–water partition coefficient (Wildman–Crippen LogP) is 6.12. The summed E-state index contributed by atoms with van der Waals surface area (Å²) in [7, 11) is 0. The first kappa shape index (κ1) is 21.1. The summed E-state index contributed by atoms with van der Waals surface area (Å²) >= 11 is 0. The van der Waals surface area contributed by atoms with Gasteiger partial charge in [-0.05, 0) is 73.0 Å². The number of hydrogen-bond donors (Lipinski definition) is 0. The maximum atomic E-state index is 6.00. The second-order valence-electron chi connectivity index (χ2n) is 7.32. The fraction of sp³-hybridized carbons (Fsp3) is 0.400. The van der Waals surface area contributed by atoms with Crippen molar-refractivity contribution in [2.24, 2.45) is 4.99 Å². The van der Waals surface area contributed by atoms with Gasteiger partial charge in [0.15, 0.2) is 0 Å². The normalized spacial score (nSPS) is 16.6. The van der Waals surface area contributed by atoms with Crippen LogP contribution in [0.15, 0.2) is 65.2 Å². The van der Waals surface area contributed by atoms with Crippen molar-refractivity contribution in [1.82, 2.24) is 0 Å². The van der Waals surface area contributed by atoms with Crippen molar-refractivity contribution in [3.8, 4) is 11.5 Å². The zero-order valence-electron chi connectivity index (χ0n) is 17.5. The van der Waals surface area contributed by atoms with Gasteiger partial charge in [0.05, 0.1) is 25.5 Å². The maximum Gasteiger partial charge on any atom is 0.143 e. The fourth-order valence-electron chi connectivity index (χ4n) is 3.05. The monoisotopic (exact) mass is 393 g/mol. The minimum absolute atomic E-state index is 0.00403. The Labute approximate surface area is 174 Å². The van der Waals surface area contributed by atoms with E-state index in [1.807, 2.05) is 54.7 Å². The second kappa shape index (κ2) is 11.4. The number of ether oxygens (including phenoxy) is 3. The summed E-state index contributed by atoms with van der Waals surface area (Å²) in [5.74, 6) is 1.74. The highest BCUT2D eigenvalue weighted by Gasteiger charge is 2.16. The van der Waals surface area contributed by atoms with E-state index in [4.69, 9.17) is 14.2 Å². The first-order chi connectivity index (χ1) is 14.2. The highest BCUT2D eigenvalue weighted by molar-refractivity contribution is 5.82. The van der Waals surface area contributed by atoms with Gasteiger partial charge in [-0.1, -0.05) is 32.3 Å². The van der Waals surface area contributed by atoms with Gasteiger partial charge in [-0.15, -0.1) is 0 Å². The minimum Gasteiger partial charge on any atom is -0.494 e. The largest absolute Gasteiger partial charge is 0.494 e. The van der Waals surface area contributed by atoms with E-state index < -0.39 is 0 Å². The molecule has 1 aliphatic heterocycles. The van der Waals surface area contributed by atoms with Crippen molar-refractivity contribution >= 4 is 11.9 Å². The number of unbranched alkanes of at least 4 members (excludes halogenated alkanes) is 3. The van der Waals surface area contributed by atoms with Crippen LogP contribution < -0.4 is 9.47 Å². The summed E-state index contributed by atoms with van der Waals surface area (Å²) < 4.78 is 17.2. The Balaban J connectivity index is 1.48. The second-order valence-corrected chi connectivity index (χ2v) is 7.32. The molecule has 0 aromatic heterocycles. The Morgan fingerprint density at radius 2 is 1.76 bits per heavy atom. The number of aliphatic imine (C=N–C) groups is 1. The third-order valence-corrected chi connectivity index (χ3v) is 4.92. The van der Waals surface area contributed by atoms with Gasteiger partial charge in [0, 0.05) is 6.21 Å². The van der Waals surface area contributed by atoms with Crippen molar-refractivity contribution < 1.29 is 14.2 Å². The number of nitrogens with zero attached hydrogens (tertiary/aromatic N) is 1. The molecule has 0 amide bonds. The van der Waals surface area contributed by atoms with E-state index in [1.165, 1.54) is 24.8 Å². The molecule has 2 aromatic carbocycles. The lowest BCUT2D eigenvalue weighted by molar-refractivity contribution is 0.0681. The molecule has 0 spiro atoms. The van der Waals surface area contributed by atoms with Crippen LogP contribution in [0, 0.1) is 0 Å². The summed E-state index contributed by atoms with van der Waals surface area (Å²) in [6.07, 6.45) is 8.78. The Bertz CT molecular complexity index is 794. The molecule has 29 heavy (non-hydrogen) atoms. The summed E-state index contributed by atoms with van der Waals surface area (Å²) in [4.78, 5) is 4.55. The van der Waals surface area contributed by atoms with Crippen molar-refractivity contribution in [2.45, 2.75) is 45.6 Å². The van der Waals surface area contributed by atoms with E-state index in [9.17, 15) is 0 Å². The van der Waals surface area contributed by atoms with Gasteiger partial charge in [0.2, 0.25) is 0 Å². The maximum absolute atomic E-state index is 6.00. The molecule has 1 heterocycles. The average Bonchev–Trinajstić information content (AvgIpc) is 2.75. The molecule has 0 saturated carbocycles. The Kier molecular flexibility index (Phi) is 8.32. The van der Waals surface area contributed by atoms with Crippen molar-refractivity contribution in [1.29, 1.82) is 0 Å². The number of rotatable bonds is 10. The van der Waals surface area contributed by atoms with Crippen LogP contribution >= 0.6 is 0 Å². The van der Waals surface area contributed by atoms with Crippen LogP contribution in [0.2, 0.25) is 0 Å². The average molecular weight is 394 g/mol. The highest BCUT2D eigenvalue weighted by atomic mass is 16.5. The molecule has 0 bridgehead atoms. The van der Waals surface area contributed by atoms with Gasteiger partial charge in [-0.3, -0.25) is 4.99 Å². The number of benzene rings is 2. The first-order valence-corrected chi connectivity index (χ1v) is 10.5. The molecule has 0 fully saturated rings. The van der Waals surface area contributed by atoms with Crippen LogP contribution in [0.5, 0.6) is 11.5 Å². The van der Waals surface area contributed by atoms with E-state index in [-0.39, 0.29) is 6.10 Å². The van der Waals surface area contributed by atoms with Crippen molar-refractivity contribution in [3.63, 3.8) is 0 Å². The molecular formula is C25H31NO3. The van der Waals surface area contributed by atoms with E-state index >= 15 is 0 Å². The molecular weight excluding hydrogens is 362 g/mol. The predicted molar refractivity (Wildman–Crippen MR) is 119 cm³/mol. The smallest absolute Gasteiger partial charge is 0.143 e. The third-order valence-electron chi connectivity index (χ3n) is 4.92. The first-order valence-electron chi connectivity index (χ1n) is 10.5. The van der Waals surface area contributed by atoms with E-state index in [2.05, 4.69) is 24.9 Å². The summed E-state index contributed by atoms with van der Waals surface area (Å²) in [5, 5.41) is 0. The molecule has 0 N–H and O–H groups in total. The van der Waals surface area contributed by atoms with Crippen molar-refractivity contribution in [3.05, 3.63) is 65.7 Å². The minimum atomic E-state index is -0.00403. The van der Waals surface area contributed by atoms with Crippen LogP contribution in [0.4, 0.5) is 5.69 Å².